The van der Waals surface area contributed by atoms with Gasteiger partial charge >= 0.3 is 0 Å². The van der Waals surface area contributed by atoms with Crippen LogP contribution in [0.1, 0.15) is 19.5 Å². The molecule has 0 unspecified atom stereocenters. The molecule has 0 bridgehead atoms. The molecule has 0 saturated heterocycles. The number of thiophene rings is 2. The first-order chi connectivity index (χ1) is 12.3. The number of rotatable bonds is 2. The van der Waals surface area contributed by atoms with Crippen LogP contribution in [-0.2, 0) is 0 Å². The summed E-state index contributed by atoms with van der Waals surface area (Å²) in [6.45, 7) is 8.58. The van der Waals surface area contributed by atoms with Crippen molar-refractivity contribution in [3.05, 3.63) is 60.0 Å². The molecule has 5 heteroatoms. The van der Waals surface area contributed by atoms with Crippen LogP contribution in [-0.4, -0.2) is 4.98 Å². The van der Waals surface area contributed by atoms with Gasteiger partial charge in [0.15, 0.2) is 0 Å². The monoisotopic (exact) mass is 417 g/mol. The molecule has 0 amide bonds. The molecule has 1 nitrogen and oxygen atoms in total. The average Bonchev–Trinajstić information content (AvgIpc) is 3.06. The molecular formula is C21H17Cl2NS2. The Morgan fingerprint density at radius 2 is 1.35 bits per heavy atom. The summed E-state index contributed by atoms with van der Waals surface area (Å²) in [6, 6.07) is 10.3. The van der Waals surface area contributed by atoms with Crippen LogP contribution in [0.2, 0.25) is 10.2 Å². The maximum Gasteiger partial charge on any atom is 0.138 e. The molecule has 0 atom stereocenters. The highest BCUT2D eigenvalue weighted by molar-refractivity contribution is 7.12. The zero-order valence-corrected chi connectivity index (χ0v) is 18.1. The van der Waals surface area contributed by atoms with Crippen LogP contribution < -0.4 is 0 Å². The van der Waals surface area contributed by atoms with Gasteiger partial charge in [-0.3, -0.25) is 0 Å². The van der Waals surface area contributed by atoms with Crippen molar-refractivity contribution in [3.8, 4) is 22.3 Å². The van der Waals surface area contributed by atoms with Crippen molar-refractivity contribution in [2.45, 2.75) is 27.7 Å². The fourth-order valence-corrected chi connectivity index (χ4v) is 5.81. The molecule has 0 saturated carbocycles. The minimum atomic E-state index is 0.527. The van der Waals surface area contributed by atoms with E-state index in [-0.39, 0.29) is 0 Å². The van der Waals surface area contributed by atoms with Gasteiger partial charge in [0.1, 0.15) is 5.15 Å². The van der Waals surface area contributed by atoms with Crippen molar-refractivity contribution in [1.29, 1.82) is 0 Å². The first kappa shape index (κ1) is 18.0. The first-order valence-corrected chi connectivity index (χ1v) is 10.7. The fourth-order valence-electron chi connectivity index (χ4n) is 3.49. The van der Waals surface area contributed by atoms with Crippen molar-refractivity contribution >= 4 is 56.8 Å². The second-order valence-corrected chi connectivity index (χ2v) is 10.2. The van der Waals surface area contributed by atoms with Gasteiger partial charge in [-0.25, -0.2) is 4.98 Å². The standard InChI is InChI=1S/C21H17Cl2NS2/c1-10-7-16(12(3)25-10)19-15-6-5-14(22)9-18(15)24-21(23)20(19)17-8-11(2)26-13(17)4/h5-9H,1-4H3. The molecule has 0 N–H and O–H groups in total. The highest BCUT2D eigenvalue weighted by Crippen LogP contribution is 2.46. The van der Waals surface area contributed by atoms with E-state index in [1.165, 1.54) is 30.6 Å². The lowest BCUT2D eigenvalue weighted by Gasteiger charge is -2.15. The molecule has 0 fully saturated rings. The molecule has 0 aliphatic heterocycles. The third kappa shape index (κ3) is 2.97. The van der Waals surface area contributed by atoms with Crippen LogP contribution in [0.4, 0.5) is 0 Å². The lowest BCUT2D eigenvalue weighted by Crippen LogP contribution is -1.93. The Bertz CT molecular complexity index is 1150. The molecular weight excluding hydrogens is 401 g/mol. The number of halogens is 2. The highest BCUT2D eigenvalue weighted by atomic mass is 35.5. The largest absolute Gasteiger partial charge is 0.235 e. The average molecular weight is 418 g/mol. The summed E-state index contributed by atoms with van der Waals surface area (Å²) >= 11 is 16.5. The summed E-state index contributed by atoms with van der Waals surface area (Å²) in [7, 11) is 0. The Balaban J connectivity index is 2.19. The number of fused-ring (bicyclic) bond motifs is 1. The molecule has 0 aliphatic rings. The molecule has 26 heavy (non-hydrogen) atoms. The lowest BCUT2D eigenvalue weighted by atomic mass is 9.92. The second-order valence-electron chi connectivity index (χ2n) is 6.47. The molecule has 132 valence electrons. The van der Waals surface area contributed by atoms with Crippen LogP contribution in [0, 0.1) is 27.7 Å². The third-order valence-corrected chi connectivity index (χ3v) is 6.97. The summed E-state index contributed by atoms with van der Waals surface area (Å²) in [4.78, 5) is 9.77. The maximum atomic E-state index is 6.74. The SMILES string of the molecule is Cc1cc(-c2c(Cl)nc3cc(Cl)ccc3c2-c2cc(C)sc2C)c(C)s1. The van der Waals surface area contributed by atoms with Crippen LogP contribution >= 0.6 is 45.9 Å². The van der Waals surface area contributed by atoms with E-state index < -0.39 is 0 Å². The van der Waals surface area contributed by atoms with Gasteiger partial charge in [0.25, 0.3) is 0 Å². The van der Waals surface area contributed by atoms with Gasteiger partial charge in [-0.05, 0) is 63.1 Å². The summed E-state index contributed by atoms with van der Waals surface area (Å²) < 4.78 is 0. The predicted molar refractivity (Wildman–Crippen MR) is 117 cm³/mol. The minimum absolute atomic E-state index is 0.527. The Morgan fingerprint density at radius 1 is 0.769 bits per heavy atom. The van der Waals surface area contributed by atoms with Gasteiger partial charge in [0, 0.05) is 41.0 Å². The smallest absolute Gasteiger partial charge is 0.138 e. The molecule has 3 aromatic heterocycles. The van der Waals surface area contributed by atoms with Crippen LogP contribution in [0.5, 0.6) is 0 Å². The second kappa shape index (κ2) is 6.65. The van der Waals surface area contributed by atoms with E-state index in [9.17, 15) is 0 Å². The van der Waals surface area contributed by atoms with E-state index in [0.29, 0.717) is 10.2 Å². The Labute approximate surface area is 171 Å². The van der Waals surface area contributed by atoms with Crippen LogP contribution in [0.15, 0.2) is 30.3 Å². The zero-order valence-electron chi connectivity index (χ0n) is 14.9. The van der Waals surface area contributed by atoms with Gasteiger partial charge in [0.2, 0.25) is 0 Å². The number of aromatic nitrogens is 1. The van der Waals surface area contributed by atoms with Gasteiger partial charge in [-0.1, -0.05) is 29.3 Å². The number of hydrogen-bond acceptors (Lipinski definition) is 3. The summed E-state index contributed by atoms with van der Waals surface area (Å²) in [5.41, 5.74) is 5.39. The molecule has 1 aromatic carbocycles. The van der Waals surface area contributed by atoms with Crippen LogP contribution in [0.25, 0.3) is 33.2 Å². The fraction of sp³-hybridized carbons (Fsp3) is 0.190. The summed E-state index contributed by atoms with van der Waals surface area (Å²) in [6.07, 6.45) is 0. The summed E-state index contributed by atoms with van der Waals surface area (Å²) in [5.74, 6) is 0. The van der Waals surface area contributed by atoms with Gasteiger partial charge in [-0.15, -0.1) is 22.7 Å². The number of aryl methyl sites for hydroxylation is 4. The normalized spacial score (nSPS) is 11.5. The number of benzene rings is 1. The first-order valence-electron chi connectivity index (χ1n) is 8.28. The molecule has 0 radical (unpaired) electrons. The molecule has 4 rings (SSSR count). The maximum absolute atomic E-state index is 6.74. The van der Waals surface area contributed by atoms with Crippen LogP contribution in [0.3, 0.4) is 0 Å². The van der Waals surface area contributed by atoms with E-state index in [1.54, 1.807) is 11.3 Å². The third-order valence-electron chi connectivity index (χ3n) is 4.52. The van der Waals surface area contributed by atoms with E-state index in [2.05, 4.69) is 50.9 Å². The molecule has 4 aromatic rings. The summed E-state index contributed by atoms with van der Waals surface area (Å²) in [5, 5.41) is 2.28. The van der Waals surface area contributed by atoms with E-state index in [4.69, 9.17) is 23.2 Å². The van der Waals surface area contributed by atoms with E-state index >= 15 is 0 Å². The topological polar surface area (TPSA) is 12.9 Å². The van der Waals surface area contributed by atoms with Gasteiger partial charge < -0.3 is 0 Å². The van der Waals surface area contributed by atoms with Crippen molar-refractivity contribution in [2.75, 3.05) is 0 Å². The Morgan fingerprint density at radius 3 is 1.88 bits per heavy atom. The van der Waals surface area contributed by atoms with Crippen molar-refractivity contribution in [2.24, 2.45) is 0 Å². The predicted octanol–water partition coefficient (Wildman–Crippen LogP) is 8.23. The lowest BCUT2D eigenvalue weighted by molar-refractivity contribution is 1.40. The molecule has 0 spiro atoms. The molecule has 3 heterocycles. The number of nitrogens with zero attached hydrogens (tertiary/aromatic N) is 1. The number of pyridine rings is 1. The van der Waals surface area contributed by atoms with E-state index in [0.717, 1.165) is 22.0 Å². The number of hydrogen-bond donors (Lipinski definition) is 0. The van der Waals surface area contributed by atoms with Crippen molar-refractivity contribution < 1.29 is 0 Å². The highest BCUT2D eigenvalue weighted by Gasteiger charge is 2.22. The quantitative estimate of drug-likeness (QED) is 0.299. The zero-order chi connectivity index (χ0) is 18.6. The van der Waals surface area contributed by atoms with Gasteiger partial charge in [-0.2, -0.15) is 0 Å². The Hall–Kier alpha value is -1.39. The van der Waals surface area contributed by atoms with Crippen molar-refractivity contribution in [3.63, 3.8) is 0 Å². The minimum Gasteiger partial charge on any atom is -0.235 e. The van der Waals surface area contributed by atoms with Crippen molar-refractivity contribution in [1.82, 2.24) is 4.98 Å². The van der Waals surface area contributed by atoms with Gasteiger partial charge in [0.05, 0.1) is 5.52 Å². The Kier molecular flexibility index (Phi) is 4.60. The molecule has 0 aliphatic carbocycles. The van der Waals surface area contributed by atoms with E-state index in [1.807, 2.05) is 23.5 Å².